The second kappa shape index (κ2) is 9.67. The van der Waals surface area contributed by atoms with E-state index >= 15 is 0 Å². The first-order valence-electron chi connectivity index (χ1n) is 10.4. The van der Waals surface area contributed by atoms with Gasteiger partial charge >= 0.3 is 0 Å². The summed E-state index contributed by atoms with van der Waals surface area (Å²) in [6.45, 7) is 4.93. The predicted octanol–water partition coefficient (Wildman–Crippen LogP) is 5.56. The highest BCUT2D eigenvalue weighted by molar-refractivity contribution is 6.42. The molecule has 2 heterocycles. The smallest absolute Gasteiger partial charge is 0.291 e. The minimum Gasteiger partial charge on any atom is -0.451 e. The highest BCUT2D eigenvalue weighted by atomic mass is 35.5. The minimum absolute atomic E-state index is 0.197. The number of rotatable bonds is 5. The summed E-state index contributed by atoms with van der Waals surface area (Å²) in [4.78, 5) is 28.6. The zero-order valence-corrected chi connectivity index (χ0v) is 19.1. The van der Waals surface area contributed by atoms with Gasteiger partial charge < -0.3 is 19.5 Å². The van der Waals surface area contributed by atoms with Crippen LogP contribution in [-0.2, 0) is 4.79 Å². The summed E-state index contributed by atoms with van der Waals surface area (Å²) in [7, 11) is 0. The van der Waals surface area contributed by atoms with Gasteiger partial charge in [-0.25, -0.2) is 0 Å². The molecule has 4 rings (SSSR count). The van der Waals surface area contributed by atoms with Crippen molar-refractivity contribution in [2.75, 3.05) is 36.4 Å². The van der Waals surface area contributed by atoms with Crippen LogP contribution in [0.25, 0.3) is 11.3 Å². The molecule has 1 fully saturated rings. The molecule has 0 spiro atoms. The van der Waals surface area contributed by atoms with Crippen molar-refractivity contribution in [1.82, 2.24) is 4.90 Å². The number of piperazine rings is 1. The summed E-state index contributed by atoms with van der Waals surface area (Å²) < 4.78 is 5.70. The normalized spacial score (nSPS) is 13.8. The monoisotopic (exact) mass is 471 g/mol. The lowest BCUT2D eigenvalue weighted by Gasteiger charge is -2.36. The van der Waals surface area contributed by atoms with E-state index in [9.17, 15) is 9.59 Å². The summed E-state index contributed by atoms with van der Waals surface area (Å²) in [6.07, 6.45) is 0.541. The zero-order valence-electron chi connectivity index (χ0n) is 17.6. The molecule has 6 nitrogen and oxygen atoms in total. The summed E-state index contributed by atoms with van der Waals surface area (Å²) in [5.41, 5.74) is 2.47. The van der Waals surface area contributed by atoms with Gasteiger partial charge in [0.2, 0.25) is 5.91 Å². The Balaban J connectivity index is 1.37. The molecule has 1 aliphatic heterocycles. The molecule has 1 aliphatic rings. The lowest BCUT2D eigenvalue weighted by Crippen LogP contribution is -2.48. The molecule has 2 aromatic carbocycles. The first-order chi connectivity index (χ1) is 15.4. The van der Waals surface area contributed by atoms with E-state index in [0.29, 0.717) is 27.9 Å². The molecule has 0 radical (unpaired) electrons. The van der Waals surface area contributed by atoms with Crippen LogP contribution >= 0.6 is 23.2 Å². The fraction of sp³-hybridized carbons (Fsp3) is 0.250. The summed E-state index contributed by atoms with van der Waals surface area (Å²) >= 11 is 12.0. The molecule has 0 unspecified atom stereocenters. The number of nitrogens with zero attached hydrogens (tertiary/aromatic N) is 2. The lowest BCUT2D eigenvalue weighted by atomic mass is 10.2. The zero-order chi connectivity index (χ0) is 22.7. The van der Waals surface area contributed by atoms with Crippen LogP contribution in [0.3, 0.4) is 0 Å². The van der Waals surface area contributed by atoms with Crippen LogP contribution in [0.1, 0.15) is 23.9 Å². The third kappa shape index (κ3) is 4.92. The predicted molar refractivity (Wildman–Crippen MR) is 128 cm³/mol. The molecule has 32 heavy (non-hydrogen) atoms. The third-order valence-electron chi connectivity index (χ3n) is 5.46. The van der Waals surface area contributed by atoms with E-state index in [-0.39, 0.29) is 17.6 Å². The van der Waals surface area contributed by atoms with Crippen molar-refractivity contribution in [3.8, 4) is 11.3 Å². The van der Waals surface area contributed by atoms with Gasteiger partial charge in [0.15, 0.2) is 5.76 Å². The molecule has 1 aromatic heterocycles. The molecule has 0 aliphatic carbocycles. The first kappa shape index (κ1) is 22.2. The quantitative estimate of drug-likeness (QED) is 0.528. The molecular weight excluding hydrogens is 449 g/mol. The van der Waals surface area contributed by atoms with Gasteiger partial charge in [0.25, 0.3) is 5.91 Å². The number of anilines is 2. The Labute approximate surface area is 196 Å². The Hall–Kier alpha value is -2.96. The van der Waals surface area contributed by atoms with Crippen molar-refractivity contribution >= 4 is 46.4 Å². The van der Waals surface area contributed by atoms with E-state index in [1.165, 1.54) is 0 Å². The van der Waals surface area contributed by atoms with Crippen molar-refractivity contribution in [1.29, 1.82) is 0 Å². The molecule has 1 N–H and O–H groups in total. The van der Waals surface area contributed by atoms with Crippen LogP contribution < -0.4 is 10.2 Å². The van der Waals surface area contributed by atoms with E-state index in [2.05, 4.69) is 10.2 Å². The van der Waals surface area contributed by atoms with E-state index in [4.69, 9.17) is 27.6 Å². The number of benzene rings is 2. The number of carbonyl (C=O) groups is 2. The minimum atomic E-state index is -0.337. The number of carbonyl (C=O) groups excluding carboxylic acids is 2. The summed E-state index contributed by atoms with van der Waals surface area (Å²) in [5, 5.41) is 3.73. The second-order valence-corrected chi connectivity index (χ2v) is 8.33. The van der Waals surface area contributed by atoms with Gasteiger partial charge in [-0.2, -0.15) is 0 Å². The van der Waals surface area contributed by atoms with Crippen LogP contribution in [0.2, 0.25) is 10.0 Å². The molecule has 166 valence electrons. The van der Waals surface area contributed by atoms with E-state index in [1.807, 2.05) is 36.1 Å². The van der Waals surface area contributed by atoms with Crippen LogP contribution in [0.4, 0.5) is 11.4 Å². The third-order valence-corrected chi connectivity index (χ3v) is 6.20. The fourth-order valence-corrected chi connectivity index (χ4v) is 3.95. The van der Waals surface area contributed by atoms with Crippen molar-refractivity contribution in [2.24, 2.45) is 0 Å². The second-order valence-electron chi connectivity index (χ2n) is 7.52. The number of hydrogen-bond donors (Lipinski definition) is 1. The van der Waals surface area contributed by atoms with Gasteiger partial charge in [-0.3, -0.25) is 9.59 Å². The van der Waals surface area contributed by atoms with Gasteiger partial charge in [-0.15, -0.1) is 0 Å². The van der Waals surface area contributed by atoms with Crippen molar-refractivity contribution in [3.05, 3.63) is 70.4 Å². The Bertz CT molecular complexity index is 1120. The Kier molecular flexibility index (Phi) is 6.72. The topological polar surface area (TPSA) is 65.8 Å². The maximum Gasteiger partial charge on any atom is 0.291 e. The SMILES string of the molecule is CCC(=O)N1CCN(c2ccc(NC(=O)c3ccc(-c4ccc(Cl)c(Cl)c4)o3)cc2)CC1. The average molecular weight is 472 g/mol. The van der Waals surface area contributed by atoms with E-state index in [0.717, 1.165) is 37.4 Å². The average Bonchev–Trinajstić information content (AvgIpc) is 3.31. The molecule has 0 saturated carbocycles. The van der Waals surface area contributed by atoms with Gasteiger partial charge in [-0.1, -0.05) is 30.1 Å². The van der Waals surface area contributed by atoms with Crippen LogP contribution in [0.5, 0.6) is 0 Å². The number of hydrogen-bond acceptors (Lipinski definition) is 4. The Morgan fingerprint density at radius 3 is 2.31 bits per heavy atom. The first-order valence-corrected chi connectivity index (χ1v) is 11.2. The lowest BCUT2D eigenvalue weighted by molar-refractivity contribution is -0.131. The number of halogens is 2. The Morgan fingerprint density at radius 2 is 1.66 bits per heavy atom. The molecule has 1 saturated heterocycles. The number of amides is 2. The Morgan fingerprint density at radius 1 is 0.938 bits per heavy atom. The maximum atomic E-state index is 12.6. The van der Waals surface area contributed by atoms with Crippen LogP contribution in [0.15, 0.2) is 59.0 Å². The molecule has 3 aromatic rings. The van der Waals surface area contributed by atoms with Gasteiger partial charge in [0.05, 0.1) is 10.0 Å². The highest BCUT2D eigenvalue weighted by Crippen LogP contribution is 2.30. The summed E-state index contributed by atoms with van der Waals surface area (Å²) in [5.74, 6) is 0.593. The van der Waals surface area contributed by atoms with Gasteiger partial charge in [0, 0.05) is 49.5 Å². The molecule has 0 atom stereocenters. The van der Waals surface area contributed by atoms with Gasteiger partial charge in [0.1, 0.15) is 5.76 Å². The summed E-state index contributed by atoms with van der Waals surface area (Å²) in [6, 6.07) is 16.2. The van der Waals surface area contributed by atoms with E-state index < -0.39 is 0 Å². The fourth-order valence-electron chi connectivity index (χ4n) is 3.65. The number of furan rings is 1. The maximum absolute atomic E-state index is 12.6. The van der Waals surface area contributed by atoms with Crippen molar-refractivity contribution in [3.63, 3.8) is 0 Å². The van der Waals surface area contributed by atoms with Crippen molar-refractivity contribution in [2.45, 2.75) is 13.3 Å². The molecule has 8 heteroatoms. The van der Waals surface area contributed by atoms with Crippen molar-refractivity contribution < 1.29 is 14.0 Å². The van der Waals surface area contributed by atoms with E-state index in [1.54, 1.807) is 30.3 Å². The van der Waals surface area contributed by atoms with Crippen LogP contribution in [-0.4, -0.2) is 42.9 Å². The molecule has 0 bridgehead atoms. The number of nitrogens with one attached hydrogen (secondary N) is 1. The molecular formula is C24H23Cl2N3O3. The standard InChI is InChI=1S/C24H23Cl2N3O3/c1-2-23(30)29-13-11-28(12-14-29)18-6-4-17(5-7-18)27-24(31)22-10-9-21(32-22)16-3-8-19(25)20(26)15-16/h3-10,15H,2,11-14H2,1H3,(H,27,31). The largest absolute Gasteiger partial charge is 0.451 e. The highest BCUT2D eigenvalue weighted by Gasteiger charge is 2.20. The van der Waals surface area contributed by atoms with Gasteiger partial charge in [-0.05, 0) is 54.6 Å². The molecule has 2 amide bonds. The van der Waals surface area contributed by atoms with Crippen LogP contribution in [0, 0.1) is 0 Å².